The number of hydrogen-bond acceptors (Lipinski definition) is 8. The fraction of sp³-hybridized carbons (Fsp3) is 0.625. The van der Waals surface area contributed by atoms with Crippen LogP contribution in [-0.2, 0) is 15.9 Å². The van der Waals surface area contributed by atoms with Crippen LogP contribution < -0.4 is 16.4 Å². The standard InChI is InChI=1S/C24H40N6O2/c1-2-3-4-5-6-10-14-26-23-28-22(20-21-11-8-7-9-12-21)29-24(30-23)27-15-17-32-19-18-31-16-13-25/h7-9,11-12H,2-6,10,13-20,25H2,1H3,(H2,26,27,28,29,30). The summed E-state index contributed by atoms with van der Waals surface area (Å²) in [7, 11) is 0. The summed E-state index contributed by atoms with van der Waals surface area (Å²) in [4.78, 5) is 13.8. The molecule has 0 atom stereocenters. The lowest BCUT2D eigenvalue weighted by atomic mass is 10.1. The molecule has 4 N–H and O–H groups in total. The second kappa shape index (κ2) is 17.3. The molecule has 0 radical (unpaired) electrons. The van der Waals surface area contributed by atoms with Crippen molar-refractivity contribution < 1.29 is 9.47 Å². The Balaban J connectivity index is 1.83. The Bertz CT molecular complexity index is 717. The van der Waals surface area contributed by atoms with Crippen molar-refractivity contribution in [1.29, 1.82) is 0 Å². The lowest BCUT2D eigenvalue weighted by molar-refractivity contribution is 0.0547. The van der Waals surface area contributed by atoms with Crippen molar-refractivity contribution in [3.8, 4) is 0 Å². The third-order valence-electron chi connectivity index (χ3n) is 4.86. The topological polar surface area (TPSA) is 107 Å². The third kappa shape index (κ3) is 11.9. The Morgan fingerprint density at radius 2 is 1.41 bits per heavy atom. The van der Waals surface area contributed by atoms with E-state index in [0.29, 0.717) is 57.8 Å². The van der Waals surface area contributed by atoms with E-state index in [1.807, 2.05) is 18.2 Å². The van der Waals surface area contributed by atoms with Crippen molar-refractivity contribution in [2.24, 2.45) is 5.73 Å². The second-order valence-corrected chi connectivity index (χ2v) is 7.70. The number of anilines is 2. The molecule has 1 aromatic carbocycles. The van der Waals surface area contributed by atoms with Gasteiger partial charge in [-0.1, -0.05) is 69.4 Å². The monoisotopic (exact) mass is 444 g/mol. The number of ether oxygens (including phenoxy) is 2. The molecule has 0 aliphatic rings. The number of rotatable bonds is 19. The fourth-order valence-corrected chi connectivity index (χ4v) is 3.18. The highest BCUT2D eigenvalue weighted by Gasteiger charge is 2.07. The van der Waals surface area contributed by atoms with Crippen LogP contribution in [-0.4, -0.2) is 61.0 Å². The Kier molecular flexibility index (Phi) is 14.0. The van der Waals surface area contributed by atoms with Gasteiger partial charge in [-0.2, -0.15) is 15.0 Å². The molecule has 0 saturated carbocycles. The van der Waals surface area contributed by atoms with Gasteiger partial charge in [0.2, 0.25) is 11.9 Å². The summed E-state index contributed by atoms with van der Waals surface area (Å²) in [5.74, 6) is 1.94. The molecule has 8 nitrogen and oxygen atoms in total. The number of benzene rings is 1. The Labute approximate surface area is 192 Å². The average Bonchev–Trinajstić information content (AvgIpc) is 2.81. The summed E-state index contributed by atoms with van der Waals surface area (Å²) in [5.41, 5.74) is 6.56. The molecule has 0 spiro atoms. The van der Waals surface area contributed by atoms with Crippen molar-refractivity contribution in [2.45, 2.75) is 51.9 Å². The van der Waals surface area contributed by atoms with E-state index in [0.717, 1.165) is 18.8 Å². The smallest absolute Gasteiger partial charge is 0.227 e. The van der Waals surface area contributed by atoms with Crippen LogP contribution in [0.3, 0.4) is 0 Å². The van der Waals surface area contributed by atoms with E-state index >= 15 is 0 Å². The molecule has 1 heterocycles. The summed E-state index contributed by atoms with van der Waals surface area (Å²) in [6.07, 6.45) is 8.21. The maximum atomic E-state index is 5.56. The summed E-state index contributed by atoms with van der Waals surface area (Å²) < 4.78 is 10.9. The number of nitrogens with zero attached hydrogens (tertiary/aromatic N) is 3. The molecule has 32 heavy (non-hydrogen) atoms. The number of nitrogens with two attached hydrogens (primary N) is 1. The number of aromatic nitrogens is 3. The van der Waals surface area contributed by atoms with E-state index in [1.165, 1.54) is 37.7 Å². The van der Waals surface area contributed by atoms with Gasteiger partial charge in [-0.05, 0) is 12.0 Å². The van der Waals surface area contributed by atoms with Crippen LogP contribution in [0.15, 0.2) is 30.3 Å². The first-order chi connectivity index (χ1) is 15.8. The molecule has 2 rings (SSSR count). The number of nitrogens with one attached hydrogen (secondary N) is 2. The van der Waals surface area contributed by atoms with Crippen LogP contribution in [0.4, 0.5) is 11.9 Å². The van der Waals surface area contributed by atoms with Gasteiger partial charge in [0.25, 0.3) is 0 Å². The van der Waals surface area contributed by atoms with Gasteiger partial charge in [0.1, 0.15) is 5.82 Å². The lowest BCUT2D eigenvalue weighted by Crippen LogP contribution is -2.17. The summed E-state index contributed by atoms with van der Waals surface area (Å²) >= 11 is 0. The van der Waals surface area contributed by atoms with Gasteiger partial charge in [-0.3, -0.25) is 0 Å². The predicted molar refractivity (Wildman–Crippen MR) is 130 cm³/mol. The minimum Gasteiger partial charge on any atom is -0.378 e. The first kappa shape index (κ1) is 26.0. The first-order valence-corrected chi connectivity index (χ1v) is 11.9. The van der Waals surface area contributed by atoms with Crippen LogP contribution in [0.2, 0.25) is 0 Å². The van der Waals surface area contributed by atoms with Crippen LogP contribution in [0.25, 0.3) is 0 Å². The Morgan fingerprint density at radius 3 is 2.12 bits per heavy atom. The molecule has 0 amide bonds. The molecule has 2 aromatic rings. The highest BCUT2D eigenvalue weighted by molar-refractivity contribution is 5.35. The van der Waals surface area contributed by atoms with Gasteiger partial charge in [0, 0.05) is 26.1 Å². The van der Waals surface area contributed by atoms with E-state index in [1.54, 1.807) is 0 Å². The fourth-order valence-electron chi connectivity index (χ4n) is 3.18. The number of hydrogen-bond donors (Lipinski definition) is 3. The second-order valence-electron chi connectivity index (χ2n) is 7.70. The SMILES string of the molecule is CCCCCCCCNc1nc(Cc2ccccc2)nc(NCCOCCOCCN)n1. The third-order valence-corrected chi connectivity index (χ3v) is 4.86. The van der Waals surface area contributed by atoms with Crippen molar-refractivity contribution in [2.75, 3.05) is 56.7 Å². The molecular weight excluding hydrogens is 404 g/mol. The van der Waals surface area contributed by atoms with Gasteiger partial charge in [0.15, 0.2) is 0 Å². The van der Waals surface area contributed by atoms with Crippen molar-refractivity contribution >= 4 is 11.9 Å². The normalized spacial score (nSPS) is 10.9. The zero-order chi connectivity index (χ0) is 22.7. The van der Waals surface area contributed by atoms with Crippen LogP contribution in [0.1, 0.15) is 56.8 Å². The van der Waals surface area contributed by atoms with E-state index < -0.39 is 0 Å². The zero-order valence-electron chi connectivity index (χ0n) is 19.5. The minimum absolute atomic E-state index is 0.529. The molecular formula is C24H40N6O2. The van der Waals surface area contributed by atoms with Crippen molar-refractivity contribution in [3.63, 3.8) is 0 Å². The van der Waals surface area contributed by atoms with Crippen molar-refractivity contribution in [1.82, 2.24) is 15.0 Å². The van der Waals surface area contributed by atoms with E-state index in [9.17, 15) is 0 Å². The largest absolute Gasteiger partial charge is 0.378 e. The van der Waals surface area contributed by atoms with Crippen LogP contribution >= 0.6 is 0 Å². The molecule has 8 heteroatoms. The Hall–Kier alpha value is -2.29. The van der Waals surface area contributed by atoms with Gasteiger partial charge in [-0.15, -0.1) is 0 Å². The summed E-state index contributed by atoms with van der Waals surface area (Å²) in [6, 6.07) is 10.2. The van der Waals surface area contributed by atoms with Crippen molar-refractivity contribution in [3.05, 3.63) is 41.7 Å². The van der Waals surface area contributed by atoms with E-state index in [2.05, 4.69) is 44.6 Å². The quantitative estimate of drug-likeness (QED) is 0.282. The Morgan fingerprint density at radius 1 is 0.750 bits per heavy atom. The molecule has 0 saturated heterocycles. The first-order valence-electron chi connectivity index (χ1n) is 11.9. The van der Waals surface area contributed by atoms with Gasteiger partial charge in [-0.25, -0.2) is 0 Å². The molecule has 178 valence electrons. The highest BCUT2D eigenvalue weighted by atomic mass is 16.5. The van der Waals surface area contributed by atoms with Crippen LogP contribution in [0.5, 0.6) is 0 Å². The molecule has 1 aromatic heterocycles. The maximum absolute atomic E-state index is 5.56. The van der Waals surface area contributed by atoms with Crippen LogP contribution in [0, 0.1) is 0 Å². The zero-order valence-corrected chi connectivity index (χ0v) is 19.5. The predicted octanol–water partition coefficient (Wildman–Crippen LogP) is 3.64. The molecule has 0 aliphatic carbocycles. The molecule has 0 fully saturated rings. The summed E-state index contributed by atoms with van der Waals surface area (Å²) in [6.45, 7) is 6.46. The van der Waals surface area contributed by atoms with Gasteiger partial charge >= 0.3 is 0 Å². The molecule has 0 aliphatic heterocycles. The van der Waals surface area contributed by atoms with E-state index in [-0.39, 0.29) is 0 Å². The maximum Gasteiger partial charge on any atom is 0.227 e. The molecule has 0 unspecified atom stereocenters. The highest BCUT2D eigenvalue weighted by Crippen LogP contribution is 2.11. The minimum atomic E-state index is 0.529. The average molecular weight is 445 g/mol. The van der Waals surface area contributed by atoms with Gasteiger partial charge < -0.3 is 25.8 Å². The summed E-state index contributed by atoms with van der Waals surface area (Å²) in [5, 5.41) is 6.62. The van der Waals surface area contributed by atoms with E-state index in [4.69, 9.17) is 15.2 Å². The molecule has 0 bridgehead atoms. The number of unbranched alkanes of at least 4 members (excludes halogenated alkanes) is 5. The lowest BCUT2D eigenvalue weighted by Gasteiger charge is -2.11. The van der Waals surface area contributed by atoms with Gasteiger partial charge in [0.05, 0.1) is 26.4 Å².